The summed E-state index contributed by atoms with van der Waals surface area (Å²) in [6.45, 7) is 1.99. The lowest BCUT2D eigenvalue weighted by Crippen LogP contribution is -1.95. The van der Waals surface area contributed by atoms with Crippen molar-refractivity contribution in [1.82, 2.24) is 14.6 Å². The number of anilines is 1. The molecule has 4 nitrogen and oxygen atoms in total. The molecule has 2 aromatic heterocycles. The molecule has 0 saturated heterocycles. The minimum absolute atomic E-state index is 0.668. The van der Waals surface area contributed by atoms with Crippen molar-refractivity contribution >= 4 is 11.3 Å². The number of pyridine rings is 1. The van der Waals surface area contributed by atoms with E-state index in [1.807, 2.05) is 37.4 Å². The van der Waals surface area contributed by atoms with Gasteiger partial charge in [0.1, 0.15) is 0 Å². The molecule has 0 saturated carbocycles. The second-order valence-electron chi connectivity index (χ2n) is 4.43. The fraction of sp³-hybridized carbons (Fsp3) is 0.143. The van der Waals surface area contributed by atoms with Crippen LogP contribution in [0.3, 0.4) is 0 Å². The number of rotatable bonds is 2. The Hall–Kier alpha value is -2.36. The largest absolute Gasteiger partial charge is 0.396 e. The van der Waals surface area contributed by atoms with Gasteiger partial charge in [0.05, 0.1) is 5.69 Å². The number of hydrogen-bond acceptors (Lipinski definition) is 3. The molecule has 0 atom stereocenters. The zero-order valence-electron chi connectivity index (χ0n) is 10.2. The Kier molecular flexibility index (Phi) is 2.48. The van der Waals surface area contributed by atoms with E-state index in [1.54, 1.807) is 4.52 Å². The van der Waals surface area contributed by atoms with Crippen LogP contribution < -0.4 is 5.73 Å². The summed E-state index contributed by atoms with van der Waals surface area (Å²) >= 11 is 0. The van der Waals surface area contributed by atoms with Gasteiger partial charge in [0.2, 0.25) is 0 Å². The molecule has 0 spiro atoms. The van der Waals surface area contributed by atoms with Crippen LogP contribution in [0.5, 0.6) is 0 Å². The molecule has 0 aliphatic carbocycles. The number of nitrogen functional groups attached to an aromatic ring is 1. The third kappa shape index (κ3) is 1.93. The molecule has 3 rings (SSSR count). The Morgan fingerprint density at radius 1 is 1.22 bits per heavy atom. The average Bonchev–Trinajstić information content (AvgIpc) is 2.73. The maximum Gasteiger partial charge on any atom is 0.178 e. The van der Waals surface area contributed by atoms with E-state index in [0.29, 0.717) is 5.69 Å². The number of nitrogens with zero attached hydrogens (tertiary/aromatic N) is 3. The number of fused-ring (bicyclic) bond motifs is 1. The highest BCUT2D eigenvalue weighted by Gasteiger charge is 2.07. The zero-order chi connectivity index (χ0) is 12.5. The van der Waals surface area contributed by atoms with E-state index in [2.05, 4.69) is 22.2 Å². The lowest BCUT2D eigenvalue weighted by atomic mass is 10.1. The molecule has 1 aromatic carbocycles. The fourth-order valence-corrected chi connectivity index (χ4v) is 2.05. The lowest BCUT2D eigenvalue weighted by molar-refractivity contribution is 0.896. The van der Waals surface area contributed by atoms with Crippen LogP contribution in [0, 0.1) is 6.92 Å². The molecule has 2 heterocycles. The lowest BCUT2D eigenvalue weighted by Gasteiger charge is -1.97. The van der Waals surface area contributed by atoms with Gasteiger partial charge in [-0.2, -0.15) is 5.10 Å². The van der Waals surface area contributed by atoms with Crippen molar-refractivity contribution in [2.75, 3.05) is 5.73 Å². The Labute approximate surface area is 105 Å². The normalized spacial score (nSPS) is 10.9. The standard InChI is InChI=1S/C14H14N4/c1-10-7-12(15)14-16-13(17-18(14)9-10)8-11-5-3-2-4-6-11/h2-7,9H,8,15H2,1H3. The van der Waals surface area contributed by atoms with E-state index in [1.165, 1.54) is 5.56 Å². The van der Waals surface area contributed by atoms with Crippen molar-refractivity contribution in [3.8, 4) is 0 Å². The Balaban J connectivity index is 2.01. The molecule has 0 aliphatic heterocycles. The SMILES string of the molecule is Cc1cc(N)c2nc(Cc3ccccc3)nn2c1. The van der Waals surface area contributed by atoms with Crippen molar-refractivity contribution in [3.63, 3.8) is 0 Å². The fourth-order valence-electron chi connectivity index (χ4n) is 2.05. The minimum Gasteiger partial charge on any atom is -0.396 e. The van der Waals surface area contributed by atoms with Gasteiger partial charge in [0.25, 0.3) is 0 Å². The first kappa shape index (κ1) is 10.8. The maximum atomic E-state index is 5.94. The van der Waals surface area contributed by atoms with Crippen LogP contribution in [-0.2, 0) is 6.42 Å². The number of hydrogen-bond donors (Lipinski definition) is 1. The summed E-state index contributed by atoms with van der Waals surface area (Å²) in [6.07, 6.45) is 2.66. The number of benzene rings is 1. The highest BCUT2D eigenvalue weighted by atomic mass is 15.3. The second kappa shape index (κ2) is 4.14. The molecule has 18 heavy (non-hydrogen) atoms. The Morgan fingerprint density at radius 3 is 2.78 bits per heavy atom. The first-order valence-electron chi connectivity index (χ1n) is 5.88. The van der Waals surface area contributed by atoms with Crippen molar-refractivity contribution in [3.05, 3.63) is 59.5 Å². The van der Waals surface area contributed by atoms with Crippen molar-refractivity contribution in [1.29, 1.82) is 0 Å². The molecule has 0 aliphatic rings. The summed E-state index contributed by atoms with van der Waals surface area (Å²) in [4.78, 5) is 4.48. The molecule has 0 bridgehead atoms. The molecular formula is C14H14N4. The van der Waals surface area contributed by atoms with E-state index < -0.39 is 0 Å². The molecular weight excluding hydrogens is 224 g/mol. The van der Waals surface area contributed by atoms with Gasteiger partial charge in [-0.15, -0.1) is 0 Å². The van der Waals surface area contributed by atoms with Crippen molar-refractivity contribution < 1.29 is 0 Å². The molecule has 3 aromatic rings. The summed E-state index contributed by atoms with van der Waals surface area (Å²) in [5, 5.41) is 4.46. The maximum absolute atomic E-state index is 5.94. The summed E-state index contributed by atoms with van der Waals surface area (Å²) < 4.78 is 1.75. The van der Waals surface area contributed by atoms with E-state index >= 15 is 0 Å². The summed E-state index contributed by atoms with van der Waals surface area (Å²) in [6, 6.07) is 12.1. The van der Waals surface area contributed by atoms with Crippen LogP contribution in [0.2, 0.25) is 0 Å². The Morgan fingerprint density at radius 2 is 2.00 bits per heavy atom. The topological polar surface area (TPSA) is 56.2 Å². The first-order valence-corrected chi connectivity index (χ1v) is 5.88. The van der Waals surface area contributed by atoms with Crippen LogP contribution in [0.1, 0.15) is 17.0 Å². The first-order chi connectivity index (χ1) is 8.72. The highest BCUT2D eigenvalue weighted by molar-refractivity contribution is 5.64. The van der Waals surface area contributed by atoms with Crippen LogP contribution in [0.15, 0.2) is 42.6 Å². The van der Waals surface area contributed by atoms with E-state index in [9.17, 15) is 0 Å². The van der Waals surface area contributed by atoms with Crippen molar-refractivity contribution in [2.45, 2.75) is 13.3 Å². The average molecular weight is 238 g/mol. The smallest absolute Gasteiger partial charge is 0.178 e. The molecule has 0 fully saturated rings. The van der Waals surface area contributed by atoms with Gasteiger partial charge in [-0.25, -0.2) is 9.50 Å². The van der Waals surface area contributed by atoms with Gasteiger partial charge in [-0.1, -0.05) is 30.3 Å². The zero-order valence-corrected chi connectivity index (χ0v) is 10.2. The molecule has 0 amide bonds. The summed E-state index contributed by atoms with van der Waals surface area (Å²) in [7, 11) is 0. The number of aromatic nitrogens is 3. The molecule has 4 heteroatoms. The molecule has 90 valence electrons. The van der Waals surface area contributed by atoms with E-state index in [-0.39, 0.29) is 0 Å². The van der Waals surface area contributed by atoms with Crippen LogP contribution in [0.4, 0.5) is 5.69 Å². The van der Waals surface area contributed by atoms with E-state index in [4.69, 9.17) is 5.73 Å². The van der Waals surface area contributed by atoms with Gasteiger partial charge < -0.3 is 5.73 Å². The predicted octanol–water partition coefficient (Wildman–Crippen LogP) is 2.21. The van der Waals surface area contributed by atoms with Gasteiger partial charge in [0.15, 0.2) is 11.5 Å². The number of aryl methyl sites for hydroxylation is 1. The third-order valence-corrected chi connectivity index (χ3v) is 2.85. The van der Waals surface area contributed by atoms with Crippen LogP contribution in [-0.4, -0.2) is 14.6 Å². The van der Waals surface area contributed by atoms with E-state index in [0.717, 1.165) is 23.5 Å². The minimum atomic E-state index is 0.668. The molecule has 2 N–H and O–H groups in total. The highest BCUT2D eigenvalue weighted by Crippen LogP contribution is 2.15. The van der Waals surface area contributed by atoms with Crippen LogP contribution >= 0.6 is 0 Å². The summed E-state index contributed by atoms with van der Waals surface area (Å²) in [5.74, 6) is 0.790. The van der Waals surface area contributed by atoms with Gasteiger partial charge in [-0.05, 0) is 24.1 Å². The molecule has 0 radical (unpaired) electrons. The summed E-state index contributed by atoms with van der Waals surface area (Å²) in [5.41, 5.74) is 9.61. The third-order valence-electron chi connectivity index (χ3n) is 2.85. The Bertz CT molecular complexity index is 686. The van der Waals surface area contributed by atoms with Gasteiger partial charge >= 0.3 is 0 Å². The number of nitrogens with two attached hydrogens (primary N) is 1. The van der Waals surface area contributed by atoms with Crippen molar-refractivity contribution in [2.24, 2.45) is 0 Å². The van der Waals surface area contributed by atoms with Gasteiger partial charge in [-0.3, -0.25) is 0 Å². The quantitative estimate of drug-likeness (QED) is 0.744. The van der Waals surface area contributed by atoms with Gasteiger partial charge in [0, 0.05) is 12.6 Å². The van der Waals surface area contributed by atoms with Crippen LogP contribution in [0.25, 0.3) is 5.65 Å². The second-order valence-corrected chi connectivity index (χ2v) is 4.43. The predicted molar refractivity (Wildman–Crippen MR) is 71.4 cm³/mol. The molecule has 0 unspecified atom stereocenters. The monoisotopic (exact) mass is 238 g/mol.